The Morgan fingerprint density at radius 1 is 1.23 bits per heavy atom. The number of carbonyl (C=O) groups excluding carboxylic acids is 1. The van der Waals surface area contributed by atoms with Gasteiger partial charge >= 0.3 is 6.18 Å². The zero-order chi connectivity index (χ0) is 25.2. The molecule has 2 aliphatic heterocycles. The van der Waals surface area contributed by atoms with Crippen LogP contribution in [0.2, 0.25) is 0 Å². The van der Waals surface area contributed by atoms with Gasteiger partial charge in [-0.25, -0.2) is 0 Å². The predicted molar refractivity (Wildman–Crippen MR) is 124 cm³/mol. The summed E-state index contributed by atoms with van der Waals surface area (Å²) in [7, 11) is 1.35. The van der Waals surface area contributed by atoms with Crippen molar-refractivity contribution in [3.8, 4) is 23.3 Å². The smallest absolute Gasteiger partial charge is 0.420 e. The van der Waals surface area contributed by atoms with E-state index in [2.05, 4.69) is 4.99 Å². The average molecular weight is 504 g/mol. The highest BCUT2D eigenvalue weighted by Gasteiger charge is 2.35. The van der Waals surface area contributed by atoms with Crippen molar-refractivity contribution >= 4 is 28.9 Å². The van der Waals surface area contributed by atoms with Gasteiger partial charge in [-0.05, 0) is 66.6 Å². The maximum absolute atomic E-state index is 13.5. The summed E-state index contributed by atoms with van der Waals surface area (Å²) in [6.07, 6.45) is -2.05. The van der Waals surface area contributed by atoms with Crippen LogP contribution >= 0.6 is 11.8 Å². The fourth-order valence-corrected chi connectivity index (χ4v) is 4.65. The molecule has 1 atom stereocenters. The van der Waals surface area contributed by atoms with Crippen LogP contribution in [0.5, 0.6) is 17.2 Å². The van der Waals surface area contributed by atoms with E-state index in [0.717, 1.165) is 18.6 Å². The largest absolute Gasteiger partial charge is 0.493 e. The minimum atomic E-state index is -4.72. The minimum Gasteiger partial charge on any atom is -0.493 e. The molecule has 4 rings (SSSR count). The van der Waals surface area contributed by atoms with Crippen LogP contribution in [-0.4, -0.2) is 47.4 Å². The number of nitriles is 1. The number of halogens is 3. The Morgan fingerprint density at radius 3 is 2.69 bits per heavy atom. The lowest BCUT2D eigenvalue weighted by molar-refractivity contribution is -0.138. The lowest BCUT2D eigenvalue weighted by Gasteiger charge is -2.30. The van der Waals surface area contributed by atoms with Gasteiger partial charge < -0.3 is 19.5 Å². The maximum Gasteiger partial charge on any atom is 0.420 e. The molecule has 1 N–H and O–H groups in total. The lowest BCUT2D eigenvalue weighted by Crippen LogP contribution is -2.40. The summed E-state index contributed by atoms with van der Waals surface area (Å²) < 4.78 is 51.2. The molecule has 2 aliphatic rings. The van der Waals surface area contributed by atoms with Gasteiger partial charge in [-0.2, -0.15) is 23.4 Å². The number of ether oxygens (including phenoxy) is 2. The normalized spacial score (nSPS) is 19.5. The molecule has 1 unspecified atom stereocenters. The second kappa shape index (κ2) is 10.0. The molecule has 0 spiro atoms. The van der Waals surface area contributed by atoms with Crippen LogP contribution in [0.25, 0.3) is 6.08 Å². The molecule has 0 bridgehead atoms. The third-order valence-corrected chi connectivity index (χ3v) is 6.44. The number of methoxy groups -OCH3 is 1. The van der Waals surface area contributed by atoms with E-state index in [1.165, 1.54) is 37.1 Å². The highest BCUT2D eigenvalue weighted by molar-refractivity contribution is 8.18. The number of hydrogen-bond donors (Lipinski definition) is 1. The molecule has 1 saturated heterocycles. The van der Waals surface area contributed by atoms with Crippen molar-refractivity contribution in [3.05, 3.63) is 58.0 Å². The molecular formula is C24H20F3N3O4S. The number of alkyl halides is 3. The standard InChI is InChI=1S/C24H20F3N3O4S/c1-33-20-10-14(11-21-22(32)29-23(35-21)30-8-2-3-16(31)13-30)4-7-19(20)34-18-6-5-15(12-28)9-17(18)24(25,26)27/h4-7,9-11,16,31H,2-3,8,13H2,1H3/b21-11+. The zero-order valence-electron chi connectivity index (χ0n) is 18.5. The summed E-state index contributed by atoms with van der Waals surface area (Å²) in [5, 5.41) is 19.3. The van der Waals surface area contributed by atoms with Gasteiger partial charge in [0.05, 0.1) is 35.3 Å². The first kappa shape index (κ1) is 24.6. The zero-order valence-corrected chi connectivity index (χ0v) is 19.3. The number of rotatable bonds is 4. The molecule has 7 nitrogen and oxygen atoms in total. The summed E-state index contributed by atoms with van der Waals surface area (Å²) in [4.78, 5) is 18.8. The number of amidine groups is 1. The van der Waals surface area contributed by atoms with Gasteiger partial charge in [-0.15, -0.1) is 0 Å². The van der Waals surface area contributed by atoms with Crippen molar-refractivity contribution in [1.29, 1.82) is 5.26 Å². The summed E-state index contributed by atoms with van der Waals surface area (Å²) >= 11 is 1.20. The van der Waals surface area contributed by atoms with Gasteiger partial charge in [0.25, 0.3) is 5.91 Å². The van der Waals surface area contributed by atoms with Gasteiger partial charge in [0.15, 0.2) is 16.7 Å². The minimum absolute atomic E-state index is 0.0366. The second-order valence-corrected chi connectivity index (χ2v) is 8.89. The van der Waals surface area contributed by atoms with Gasteiger partial charge in [-0.1, -0.05) is 6.07 Å². The van der Waals surface area contributed by atoms with Crippen LogP contribution in [0.1, 0.15) is 29.5 Å². The number of carbonyl (C=O) groups is 1. The summed E-state index contributed by atoms with van der Waals surface area (Å²) in [6, 6.07) is 9.29. The number of thioether (sulfide) groups is 1. The Bertz CT molecular complexity index is 1250. The quantitative estimate of drug-likeness (QED) is 0.599. The molecule has 0 aliphatic carbocycles. The molecule has 0 saturated carbocycles. The SMILES string of the molecule is COc1cc(/C=C2/SC(N3CCCC(O)C3)=NC2=O)ccc1Oc1ccc(C#N)cc1C(F)(F)F. The average Bonchev–Trinajstić information content (AvgIpc) is 3.19. The van der Waals surface area contributed by atoms with E-state index in [4.69, 9.17) is 14.7 Å². The number of likely N-dealkylation sites (tertiary alicyclic amines) is 1. The number of amides is 1. The summed E-state index contributed by atoms with van der Waals surface area (Å²) in [5.74, 6) is -0.678. The van der Waals surface area contributed by atoms with Gasteiger partial charge in [-0.3, -0.25) is 4.79 Å². The first-order valence-corrected chi connectivity index (χ1v) is 11.4. The lowest BCUT2D eigenvalue weighted by atomic mass is 10.1. The van der Waals surface area contributed by atoms with Crippen molar-refractivity contribution < 1.29 is 32.5 Å². The van der Waals surface area contributed by atoms with Crippen LogP contribution in [-0.2, 0) is 11.0 Å². The molecule has 11 heteroatoms. The first-order chi connectivity index (χ1) is 16.7. The molecule has 2 aromatic carbocycles. The van der Waals surface area contributed by atoms with E-state index in [9.17, 15) is 23.1 Å². The Balaban J connectivity index is 1.56. The number of β-amino-alcohol motifs (C(OH)–C–C–N with tert-alkyl or cyclic N) is 1. The van der Waals surface area contributed by atoms with E-state index in [-0.39, 0.29) is 17.1 Å². The fourth-order valence-electron chi connectivity index (χ4n) is 3.70. The number of piperidine rings is 1. The Kier molecular flexibility index (Phi) is 7.05. The maximum atomic E-state index is 13.5. The van der Waals surface area contributed by atoms with Crippen LogP contribution in [0, 0.1) is 11.3 Å². The topological polar surface area (TPSA) is 95.2 Å². The van der Waals surface area contributed by atoms with Crippen LogP contribution in [0.4, 0.5) is 13.2 Å². The van der Waals surface area contributed by atoms with E-state index in [1.54, 1.807) is 18.2 Å². The molecule has 1 amide bonds. The van der Waals surface area contributed by atoms with Gasteiger partial charge in [0.2, 0.25) is 0 Å². The highest BCUT2D eigenvalue weighted by atomic mass is 32.2. The molecule has 182 valence electrons. The number of aliphatic hydroxyl groups is 1. The number of aliphatic hydroxyl groups excluding tert-OH is 1. The van der Waals surface area contributed by atoms with Crippen LogP contribution in [0.15, 0.2) is 46.3 Å². The number of hydrogen-bond acceptors (Lipinski definition) is 7. The molecule has 0 aromatic heterocycles. The predicted octanol–water partition coefficient (Wildman–Crippen LogP) is 4.80. The van der Waals surface area contributed by atoms with Crippen molar-refractivity contribution in [1.82, 2.24) is 4.90 Å². The fraction of sp³-hybridized carbons (Fsp3) is 0.292. The van der Waals surface area contributed by atoms with E-state index in [1.807, 2.05) is 4.90 Å². The Labute approximate surface area is 203 Å². The third kappa shape index (κ3) is 5.61. The van der Waals surface area contributed by atoms with Crippen LogP contribution < -0.4 is 9.47 Å². The third-order valence-electron chi connectivity index (χ3n) is 5.40. The molecular weight excluding hydrogens is 483 g/mol. The number of aliphatic imine (C=N–C) groups is 1. The number of nitrogens with zero attached hydrogens (tertiary/aromatic N) is 3. The van der Waals surface area contributed by atoms with E-state index in [0.29, 0.717) is 35.1 Å². The molecule has 0 radical (unpaired) electrons. The van der Waals surface area contributed by atoms with Crippen LogP contribution in [0.3, 0.4) is 0 Å². The molecule has 2 heterocycles. The molecule has 35 heavy (non-hydrogen) atoms. The first-order valence-electron chi connectivity index (χ1n) is 10.6. The van der Waals surface area contributed by atoms with Crippen molar-refractivity contribution in [2.45, 2.75) is 25.1 Å². The number of benzene rings is 2. The monoisotopic (exact) mass is 503 g/mol. The summed E-state index contributed by atoms with van der Waals surface area (Å²) in [6.45, 7) is 1.13. The van der Waals surface area contributed by atoms with Gasteiger partial charge in [0, 0.05) is 13.1 Å². The Morgan fingerprint density at radius 2 is 2.00 bits per heavy atom. The van der Waals surface area contributed by atoms with E-state index >= 15 is 0 Å². The molecule has 2 aromatic rings. The summed E-state index contributed by atoms with van der Waals surface area (Å²) in [5.41, 5.74) is -0.653. The van der Waals surface area contributed by atoms with Gasteiger partial charge in [0.1, 0.15) is 5.75 Å². The van der Waals surface area contributed by atoms with Crippen molar-refractivity contribution in [3.63, 3.8) is 0 Å². The van der Waals surface area contributed by atoms with E-state index < -0.39 is 29.5 Å². The highest BCUT2D eigenvalue weighted by Crippen LogP contribution is 2.41. The van der Waals surface area contributed by atoms with Crippen molar-refractivity contribution in [2.75, 3.05) is 20.2 Å². The second-order valence-electron chi connectivity index (χ2n) is 7.89. The van der Waals surface area contributed by atoms with Crippen molar-refractivity contribution in [2.24, 2.45) is 4.99 Å². The molecule has 1 fully saturated rings. The Hall–Kier alpha value is -3.49.